The Kier molecular flexibility index (Phi) is 2.91. The molecule has 0 atom stereocenters. The molecule has 0 spiro atoms. The molecule has 1 aliphatic carbocycles. The van der Waals surface area contributed by atoms with Crippen LogP contribution in [-0.4, -0.2) is 9.78 Å². The molecule has 2 rings (SSSR count). The summed E-state index contributed by atoms with van der Waals surface area (Å²) >= 11 is 0. The van der Waals surface area contributed by atoms with E-state index in [0.29, 0.717) is 17.4 Å². The van der Waals surface area contributed by atoms with Crippen molar-refractivity contribution in [3.05, 3.63) is 11.8 Å². The molecule has 1 saturated carbocycles. The summed E-state index contributed by atoms with van der Waals surface area (Å²) < 4.78 is 1.84. The summed E-state index contributed by atoms with van der Waals surface area (Å²) in [7, 11) is 0. The van der Waals surface area contributed by atoms with E-state index in [9.17, 15) is 0 Å². The Balaban J connectivity index is 2.20. The SMILES string of the molecule is N#Cc1cnn(C2CCCCCC2)c1N. The first-order valence-corrected chi connectivity index (χ1v) is 5.56. The summed E-state index contributed by atoms with van der Waals surface area (Å²) in [4.78, 5) is 0. The van der Waals surface area contributed by atoms with Crippen LogP contribution in [0.2, 0.25) is 0 Å². The third-order valence-electron chi connectivity index (χ3n) is 3.13. The fourth-order valence-corrected chi connectivity index (χ4v) is 2.25. The summed E-state index contributed by atoms with van der Waals surface area (Å²) in [5.74, 6) is 0.532. The molecule has 0 bridgehead atoms. The van der Waals surface area contributed by atoms with Crippen LogP contribution in [0.25, 0.3) is 0 Å². The van der Waals surface area contributed by atoms with Crippen LogP contribution in [0.4, 0.5) is 5.82 Å². The summed E-state index contributed by atoms with van der Waals surface area (Å²) in [5.41, 5.74) is 6.37. The van der Waals surface area contributed by atoms with E-state index in [4.69, 9.17) is 11.0 Å². The fourth-order valence-electron chi connectivity index (χ4n) is 2.25. The molecule has 1 fully saturated rings. The minimum atomic E-state index is 0.398. The van der Waals surface area contributed by atoms with E-state index in [1.165, 1.54) is 25.7 Å². The van der Waals surface area contributed by atoms with Gasteiger partial charge in [0.15, 0.2) is 0 Å². The van der Waals surface area contributed by atoms with Crippen molar-refractivity contribution in [3.63, 3.8) is 0 Å². The highest BCUT2D eigenvalue weighted by Gasteiger charge is 2.18. The van der Waals surface area contributed by atoms with Crippen molar-refractivity contribution in [3.8, 4) is 6.07 Å². The number of nitrogen functional groups attached to an aromatic ring is 1. The average Bonchev–Trinajstić information content (AvgIpc) is 2.49. The van der Waals surface area contributed by atoms with Crippen molar-refractivity contribution in [1.82, 2.24) is 9.78 Å². The van der Waals surface area contributed by atoms with Gasteiger partial charge in [-0.1, -0.05) is 25.7 Å². The molecule has 1 aliphatic rings. The summed E-state index contributed by atoms with van der Waals surface area (Å²) in [5, 5.41) is 13.0. The number of nitrogens with two attached hydrogens (primary N) is 1. The van der Waals surface area contributed by atoms with Crippen LogP contribution in [-0.2, 0) is 0 Å². The highest BCUT2D eigenvalue weighted by Crippen LogP contribution is 2.29. The molecule has 1 aromatic heterocycles. The van der Waals surface area contributed by atoms with Crippen molar-refractivity contribution in [2.45, 2.75) is 44.6 Å². The van der Waals surface area contributed by atoms with Gasteiger partial charge in [-0.05, 0) is 12.8 Å². The topological polar surface area (TPSA) is 67.6 Å². The zero-order valence-corrected chi connectivity index (χ0v) is 8.82. The molecular formula is C11H16N4. The van der Waals surface area contributed by atoms with E-state index in [-0.39, 0.29) is 0 Å². The molecule has 15 heavy (non-hydrogen) atoms. The van der Waals surface area contributed by atoms with E-state index in [1.807, 2.05) is 4.68 Å². The molecule has 0 aliphatic heterocycles. The molecule has 1 heterocycles. The highest BCUT2D eigenvalue weighted by molar-refractivity contribution is 5.47. The lowest BCUT2D eigenvalue weighted by molar-refractivity contribution is 0.411. The van der Waals surface area contributed by atoms with Crippen LogP contribution in [0.3, 0.4) is 0 Å². The minimum absolute atomic E-state index is 0.398. The van der Waals surface area contributed by atoms with Gasteiger partial charge < -0.3 is 5.73 Å². The third kappa shape index (κ3) is 1.96. The quantitative estimate of drug-likeness (QED) is 0.713. The molecular weight excluding hydrogens is 188 g/mol. The Morgan fingerprint density at radius 1 is 1.33 bits per heavy atom. The van der Waals surface area contributed by atoms with Gasteiger partial charge in [0.1, 0.15) is 17.5 Å². The number of anilines is 1. The highest BCUT2D eigenvalue weighted by atomic mass is 15.3. The van der Waals surface area contributed by atoms with Crippen LogP contribution < -0.4 is 5.73 Å². The largest absolute Gasteiger partial charge is 0.383 e. The van der Waals surface area contributed by atoms with Gasteiger partial charge in [0, 0.05) is 0 Å². The van der Waals surface area contributed by atoms with E-state index >= 15 is 0 Å². The van der Waals surface area contributed by atoms with E-state index in [2.05, 4.69) is 11.2 Å². The summed E-state index contributed by atoms with van der Waals surface area (Å²) in [6.07, 6.45) is 8.94. The molecule has 2 N–H and O–H groups in total. The first-order valence-electron chi connectivity index (χ1n) is 5.56. The molecule has 0 saturated heterocycles. The minimum Gasteiger partial charge on any atom is -0.383 e. The van der Waals surface area contributed by atoms with E-state index < -0.39 is 0 Å². The maximum Gasteiger partial charge on any atom is 0.140 e. The number of nitriles is 1. The lowest BCUT2D eigenvalue weighted by Gasteiger charge is -2.15. The second kappa shape index (κ2) is 4.35. The number of aromatic nitrogens is 2. The van der Waals surface area contributed by atoms with Crippen molar-refractivity contribution in [2.24, 2.45) is 0 Å². The fraction of sp³-hybridized carbons (Fsp3) is 0.636. The van der Waals surface area contributed by atoms with Crippen molar-refractivity contribution in [2.75, 3.05) is 5.73 Å². The first-order chi connectivity index (χ1) is 7.33. The Morgan fingerprint density at radius 2 is 2.00 bits per heavy atom. The van der Waals surface area contributed by atoms with Crippen LogP contribution >= 0.6 is 0 Å². The van der Waals surface area contributed by atoms with Gasteiger partial charge in [0.2, 0.25) is 0 Å². The maximum absolute atomic E-state index is 8.80. The van der Waals surface area contributed by atoms with Gasteiger partial charge in [-0.25, -0.2) is 4.68 Å². The second-order valence-corrected chi connectivity index (χ2v) is 4.15. The monoisotopic (exact) mass is 204 g/mol. The second-order valence-electron chi connectivity index (χ2n) is 4.15. The van der Waals surface area contributed by atoms with Gasteiger partial charge in [0.25, 0.3) is 0 Å². The van der Waals surface area contributed by atoms with Gasteiger partial charge in [0.05, 0.1) is 12.2 Å². The first kappa shape index (κ1) is 10.0. The van der Waals surface area contributed by atoms with Crippen LogP contribution in [0.15, 0.2) is 6.20 Å². The van der Waals surface area contributed by atoms with Crippen LogP contribution in [0.1, 0.15) is 50.1 Å². The molecule has 0 aromatic carbocycles. The van der Waals surface area contributed by atoms with Gasteiger partial charge in [-0.15, -0.1) is 0 Å². The number of hydrogen-bond acceptors (Lipinski definition) is 3. The van der Waals surface area contributed by atoms with Crippen molar-refractivity contribution < 1.29 is 0 Å². The number of nitrogens with zero attached hydrogens (tertiary/aromatic N) is 3. The zero-order valence-electron chi connectivity index (χ0n) is 8.82. The number of hydrogen-bond donors (Lipinski definition) is 1. The predicted molar refractivity (Wildman–Crippen MR) is 58.1 cm³/mol. The Morgan fingerprint density at radius 3 is 2.53 bits per heavy atom. The number of rotatable bonds is 1. The third-order valence-corrected chi connectivity index (χ3v) is 3.13. The van der Waals surface area contributed by atoms with Gasteiger partial charge >= 0.3 is 0 Å². The summed E-state index contributed by atoms with van der Waals surface area (Å²) in [6.45, 7) is 0. The van der Waals surface area contributed by atoms with Crippen LogP contribution in [0.5, 0.6) is 0 Å². The lowest BCUT2D eigenvalue weighted by Crippen LogP contribution is -2.12. The van der Waals surface area contributed by atoms with Gasteiger partial charge in [-0.2, -0.15) is 10.4 Å². The predicted octanol–water partition coefficient (Wildman–Crippen LogP) is 2.23. The Hall–Kier alpha value is -1.50. The summed E-state index contributed by atoms with van der Waals surface area (Å²) in [6, 6.07) is 2.46. The van der Waals surface area contributed by atoms with Crippen molar-refractivity contribution in [1.29, 1.82) is 5.26 Å². The molecule has 1 aromatic rings. The van der Waals surface area contributed by atoms with E-state index in [1.54, 1.807) is 6.20 Å². The average molecular weight is 204 g/mol. The van der Waals surface area contributed by atoms with E-state index in [0.717, 1.165) is 12.8 Å². The normalized spacial score (nSPS) is 18.3. The molecule has 80 valence electrons. The smallest absolute Gasteiger partial charge is 0.140 e. The molecule has 0 radical (unpaired) electrons. The van der Waals surface area contributed by atoms with Crippen molar-refractivity contribution >= 4 is 5.82 Å². The zero-order chi connectivity index (χ0) is 10.7. The Bertz CT molecular complexity index is 366. The molecule has 0 unspecified atom stereocenters. The molecule has 4 heteroatoms. The lowest BCUT2D eigenvalue weighted by atomic mass is 10.1. The maximum atomic E-state index is 8.80. The van der Waals surface area contributed by atoms with Crippen LogP contribution in [0, 0.1) is 11.3 Å². The Labute approximate surface area is 89.7 Å². The standard InChI is InChI=1S/C11H16N4/c12-7-9-8-14-15(11(9)13)10-5-3-1-2-4-6-10/h8,10H,1-6,13H2. The van der Waals surface area contributed by atoms with Gasteiger partial charge in [-0.3, -0.25) is 0 Å². The molecule has 0 amide bonds. The molecule has 4 nitrogen and oxygen atoms in total.